The van der Waals surface area contributed by atoms with Crippen LogP contribution in [0, 0.1) is 5.82 Å². The number of fused-ring (bicyclic) bond motifs is 1. The maximum absolute atomic E-state index is 14.1. The van der Waals surface area contributed by atoms with E-state index in [9.17, 15) is 4.39 Å². The molecule has 1 aromatic carbocycles. The van der Waals surface area contributed by atoms with Crippen LogP contribution in [-0.2, 0) is 0 Å². The minimum absolute atomic E-state index is 0.174. The largest absolute Gasteiger partial charge is 0.395 e. The Morgan fingerprint density at radius 3 is 2.64 bits per heavy atom. The van der Waals surface area contributed by atoms with Gasteiger partial charge in [0.2, 0.25) is 0 Å². The Labute approximate surface area is 144 Å². The van der Waals surface area contributed by atoms with Gasteiger partial charge in [0.1, 0.15) is 23.6 Å². The lowest BCUT2D eigenvalue weighted by Crippen LogP contribution is -2.47. The lowest BCUT2D eigenvalue weighted by molar-refractivity contribution is 0.188. The number of hydrogen-bond donors (Lipinski definition) is 1. The second kappa shape index (κ2) is 6.73. The lowest BCUT2D eigenvalue weighted by Gasteiger charge is -2.35. The van der Waals surface area contributed by atoms with Crippen LogP contribution in [0.3, 0.4) is 0 Å². The summed E-state index contributed by atoms with van der Waals surface area (Å²) in [6.07, 6.45) is 3.19. The van der Waals surface area contributed by atoms with E-state index < -0.39 is 0 Å². The van der Waals surface area contributed by atoms with Gasteiger partial charge in [-0.25, -0.2) is 19.0 Å². The van der Waals surface area contributed by atoms with Crippen molar-refractivity contribution in [3.8, 4) is 5.69 Å². The standard InChI is InChI=1S/C17H19FN6O/c18-14-3-1-2-4-15(14)24-17-13(11-21-24)16(19-12-20-17)23-7-5-22(6-8-23)9-10-25/h1-4,11-12,25H,5-10H2. The monoisotopic (exact) mass is 342 g/mol. The molecule has 1 N–H and O–H groups in total. The molecule has 1 fully saturated rings. The number of halogens is 1. The van der Waals surface area contributed by atoms with E-state index in [1.165, 1.54) is 17.1 Å². The van der Waals surface area contributed by atoms with Crippen LogP contribution in [0.1, 0.15) is 0 Å². The number of anilines is 1. The molecular weight excluding hydrogens is 323 g/mol. The van der Waals surface area contributed by atoms with Gasteiger partial charge < -0.3 is 10.0 Å². The minimum Gasteiger partial charge on any atom is -0.395 e. The van der Waals surface area contributed by atoms with Crippen molar-refractivity contribution < 1.29 is 9.50 Å². The maximum atomic E-state index is 14.1. The summed E-state index contributed by atoms with van der Waals surface area (Å²) >= 11 is 0. The summed E-state index contributed by atoms with van der Waals surface area (Å²) in [7, 11) is 0. The van der Waals surface area contributed by atoms with Crippen molar-refractivity contribution in [2.24, 2.45) is 0 Å². The molecule has 0 amide bonds. The second-order valence-corrected chi connectivity index (χ2v) is 5.99. The highest BCUT2D eigenvalue weighted by molar-refractivity contribution is 5.87. The molecule has 0 atom stereocenters. The van der Waals surface area contributed by atoms with E-state index in [2.05, 4.69) is 24.9 Å². The highest BCUT2D eigenvalue weighted by Gasteiger charge is 2.21. The van der Waals surface area contributed by atoms with E-state index in [1.807, 2.05) is 0 Å². The first kappa shape index (κ1) is 15.9. The minimum atomic E-state index is -0.342. The van der Waals surface area contributed by atoms with Crippen LogP contribution in [0.5, 0.6) is 0 Å². The SMILES string of the molecule is OCCN1CCN(c2ncnc3c2cnn3-c2ccccc2F)CC1. The number of aromatic nitrogens is 4. The highest BCUT2D eigenvalue weighted by atomic mass is 19.1. The number of rotatable bonds is 4. The van der Waals surface area contributed by atoms with Crippen molar-refractivity contribution in [3.05, 3.63) is 42.6 Å². The maximum Gasteiger partial charge on any atom is 0.168 e. The second-order valence-electron chi connectivity index (χ2n) is 5.99. The van der Waals surface area contributed by atoms with Gasteiger partial charge in [-0.3, -0.25) is 4.90 Å². The van der Waals surface area contributed by atoms with Gasteiger partial charge in [-0.1, -0.05) is 12.1 Å². The van der Waals surface area contributed by atoms with Crippen molar-refractivity contribution in [1.29, 1.82) is 0 Å². The van der Waals surface area contributed by atoms with Crippen molar-refractivity contribution >= 4 is 16.9 Å². The van der Waals surface area contributed by atoms with Gasteiger partial charge in [0.25, 0.3) is 0 Å². The van der Waals surface area contributed by atoms with Gasteiger partial charge in [-0.05, 0) is 12.1 Å². The predicted octanol–water partition coefficient (Wildman–Crippen LogP) is 1.07. The summed E-state index contributed by atoms with van der Waals surface area (Å²) in [6, 6.07) is 6.51. The quantitative estimate of drug-likeness (QED) is 0.765. The van der Waals surface area contributed by atoms with Crippen LogP contribution in [0.2, 0.25) is 0 Å². The van der Waals surface area contributed by atoms with Crippen molar-refractivity contribution in [1.82, 2.24) is 24.6 Å². The first-order valence-corrected chi connectivity index (χ1v) is 8.30. The Kier molecular flexibility index (Phi) is 4.29. The molecule has 0 bridgehead atoms. The van der Waals surface area contributed by atoms with Gasteiger partial charge in [-0.15, -0.1) is 0 Å². The van der Waals surface area contributed by atoms with Gasteiger partial charge in [0, 0.05) is 32.7 Å². The molecule has 0 aliphatic carbocycles. The van der Waals surface area contributed by atoms with Crippen LogP contribution >= 0.6 is 0 Å². The summed E-state index contributed by atoms with van der Waals surface area (Å²) in [5.74, 6) is 0.474. The molecule has 7 nitrogen and oxygen atoms in total. The predicted molar refractivity (Wildman–Crippen MR) is 92.4 cm³/mol. The molecule has 2 aromatic heterocycles. The third-order valence-corrected chi connectivity index (χ3v) is 4.51. The Morgan fingerprint density at radius 1 is 1.08 bits per heavy atom. The third-order valence-electron chi connectivity index (χ3n) is 4.51. The van der Waals surface area contributed by atoms with Crippen LogP contribution in [0.4, 0.5) is 10.2 Å². The van der Waals surface area contributed by atoms with E-state index in [0.29, 0.717) is 17.9 Å². The van der Waals surface area contributed by atoms with Crippen LogP contribution < -0.4 is 4.90 Å². The van der Waals surface area contributed by atoms with Crippen LogP contribution in [-0.4, -0.2) is 69.1 Å². The molecule has 1 saturated heterocycles. The first-order chi connectivity index (χ1) is 12.3. The lowest BCUT2D eigenvalue weighted by atomic mass is 10.2. The Morgan fingerprint density at radius 2 is 1.88 bits per heavy atom. The number of β-amino-alcohol motifs (C(OH)–C–C–N with tert-alkyl or cyclic N) is 1. The fraction of sp³-hybridized carbons (Fsp3) is 0.353. The van der Waals surface area contributed by atoms with Crippen molar-refractivity contribution in [3.63, 3.8) is 0 Å². The number of hydrogen-bond acceptors (Lipinski definition) is 6. The fourth-order valence-electron chi connectivity index (χ4n) is 3.21. The molecule has 130 valence electrons. The number of aliphatic hydroxyl groups excluding tert-OH is 1. The molecule has 0 saturated carbocycles. The fourth-order valence-corrected chi connectivity index (χ4v) is 3.21. The molecular formula is C17H19FN6O. The Hall–Kier alpha value is -2.58. The van der Waals surface area contributed by atoms with Crippen LogP contribution in [0.15, 0.2) is 36.8 Å². The molecule has 3 heterocycles. The van der Waals surface area contributed by atoms with Crippen molar-refractivity contribution in [2.75, 3.05) is 44.2 Å². The molecule has 0 spiro atoms. The van der Waals surface area contributed by atoms with Gasteiger partial charge in [-0.2, -0.15) is 5.10 Å². The molecule has 1 aliphatic rings. The summed E-state index contributed by atoms with van der Waals surface area (Å²) in [5, 5.41) is 14.2. The Balaban J connectivity index is 1.67. The van der Waals surface area contributed by atoms with Gasteiger partial charge >= 0.3 is 0 Å². The molecule has 25 heavy (non-hydrogen) atoms. The summed E-state index contributed by atoms with van der Waals surface area (Å²) in [4.78, 5) is 13.1. The Bertz CT molecular complexity index is 874. The number of nitrogens with zero attached hydrogens (tertiary/aromatic N) is 6. The normalized spacial score (nSPS) is 15.8. The van der Waals surface area contributed by atoms with E-state index in [-0.39, 0.29) is 12.4 Å². The van der Waals surface area contributed by atoms with Crippen LogP contribution in [0.25, 0.3) is 16.7 Å². The zero-order valence-electron chi connectivity index (χ0n) is 13.7. The average Bonchev–Trinajstić information content (AvgIpc) is 3.07. The zero-order valence-corrected chi connectivity index (χ0v) is 13.7. The summed E-state index contributed by atoms with van der Waals surface area (Å²) in [6.45, 7) is 4.24. The highest BCUT2D eigenvalue weighted by Crippen LogP contribution is 2.26. The zero-order chi connectivity index (χ0) is 17.2. The summed E-state index contributed by atoms with van der Waals surface area (Å²) in [5.41, 5.74) is 0.961. The number of benzene rings is 1. The van der Waals surface area contributed by atoms with E-state index >= 15 is 0 Å². The molecule has 4 rings (SSSR count). The average molecular weight is 342 g/mol. The van der Waals surface area contributed by atoms with Crippen molar-refractivity contribution in [2.45, 2.75) is 0 Å². The van der Waals surface area contributed by atoms with Gasteiger partial charge in [0.05, 0.1) is 18.2 Å². The van der Waals surface area contributed by atoms with E-state index in [4.69, 9.17) is 5.11 Å². The molecule has 0 unspecified atom stereocenters. The number of aliphatic hydroxyl groups is 1. The topological polar surface area (TPSA) is 70.3 Å². The number of piperazine rings is 1. The first-order valence-electron chi connectivity index (χ1n) is 8.30. The number of para-hydroxylation sites is 1. The summed E-state index contributed by atoms with van der Waals surface area (Å²) < 4.78 is 15.6. The molecule has 0 radical (unpaired) electrons. The smallest absolute Gasteiger partial charge is 0.168 e. The molecule has 1 aliphatic heterocycles. The van der Waals surface area contributed by atoms with Gasteiger partial charge in [0.15, 0.2) is 5.65 Å². The molecule has 8 heteroatoms. The van der Waals surface area contributed by atoms with E-state index in [0.717, 1.165) is 37.4 Å². The third kappa shape index (κ3) is 2.94. The molecule has 3 aromatic rings. The van der Waals surface area contributed by atoms with E-state index in [1.54, 1.807) is 24.4 Å².